The molecule has 0 N–H and O–H groups in total. The minimum atomic E-state index is -0.569. The number of halogens is 2. The Hall–Kier alpha value is -1.97. The molecule has 17 heavy (non-hydrogen) atoms. The lowest BCUT2D eigenvalue weighted by Crippen LogP contribution is -1.96. The van der Waals surface area contributed by atoms with Gasteiger partial charge in [0.05, 0.1) is 5.52 Å². The summed E-state index contributed by atoms with van der Waals surface area (Å²) < 4.78 is 28.6. The molecule has 3 aromatic rings. The average molecular weight is 232 g/mol. The van der Waals surface area contributed by atoms with Crippen LogP contribution in [0.1, 0.15) is 11.4 Å². The Kier molecular flexibility index (Phi) is 1.96. The van der Waals surface area contributed by atoms with Crippen LogP contribution in [0.25, 0.3) is 16.6 Å². The van der Waals surface area contributed by atoms with Crippen molar-refractivity contribution in [3.05, 3.63) is 47.3 Å². The van der Waals surface area contributed by atoms with Gasteiger partial charge in [0.15, 0.2) is 5.82 Å². The maximum absolute atomic E-state index is 13.8. The third kappa shape index (κ3) is 1.40. The highest BCUT2D eigenvalue weighted by Gasteiger charge is 2.12. The van der Waals surface area contributed by atoms with Crippen molar-refractivity contribution in [3.8, 4) is 0 Å². The van der Waals surface area contributed by atoms with Gasteiger partial charge in [-0.25, -0.2) is 13.8 Å². The summed E-state index contributed by atoms with van der Waals surface area (Å²) in [6.07, 6.45) is 0. The fraction of sp³-hybridized carbons (Fsp3) is 0.154. The monoisotopic (exact) mass is 232 g/mol. The summed E-state index contributed by atoms with van der Waals surface area (Å²) in [5.41, 5.74) is 2.76. The molecular weight excluding hydrogens is 222 g/mol. The third-order valence-corrected chi connectivity index (χ3v) is 2.86. The van der Waals surface area contributed by atoms with E-state index in [1.165, 1.54) is 6.07 Å². The molecule has 0 spiro atoms. The van der Waals surface area contributed by atoms with Crippen molar-refractivity contribution in [1.82, 2.24) is 9.38 Å². The Bertz CT molecular complexity index is 682. The second-order valence-corrected chi connectivity index (χ2v) is 4.20. The van der Waals surface area contributed by atoms with Crippen LogP contribution in [0.15, 0.2) is 24.3 Å². The van der Waals surface area contributed by atoms with Crippen molar-refractivity contribution in [3.63, 3.8) is 0 Å². The smallest absolute Gasteiger partial charge is 0.150 e. The van der Waals surface area contributed by atoms with Gasteiger partial charge in [-0.15, -0.1) is 0 Å². The van der Waals surface area contributed by atoms with Crippen LogP contribution in [0.2, 0.25) is 0 Å². The van der Waals surface area contributed by atoms with Crippen molar-refractivity contribution in [2.75, 3.05) is 0 Å². The van der Waals surface area contributed by atoms with Gasteiger partial charge in [0.2, 0.25) is 0 Å². The minimum Gasteiger partial charge on any atom is -0.295 e. The van der Waals surface area contributed by atoms with Gasteiger partial charge in [0.1, 0.15) is 11.5 Å². The number of hydrogen-bond donors (Lipinski definition) is 0. The summed E-state index contributed by atoms with van der Waals surface area (Å²) in [6.45, 7) is 3.76. The molecule has 1 aromatic carbocycles. The fourth-order valence-electron chi connectivity index (χ4n) is 2.27. The topological polar surface area (TPSA) is 17.3 Å². The molecule has 86 valence electrons. The Morgan fingerprint density at radius 2 is 1.82 bits per heavy atom. The van der Waals surface area contributed by atoms with E-state index in [4.69, 9.17) is 0 Å². The number of nitrogens with zero attached hydrogens (tertiary/aromatic N) is 2. The van der Waals surface area contributed by atoms with Crippen LogP contribution >= 0.6 is 0 Å². The van der Waals surface area contributed by atoms with Crippen molar-refractivity contribution < 1.29 is 8.78 Å². The molecule has 0 radical (unpaired) electrons. The fourth-order valence-corrected chi connectivity index (χ4v) is 2.27. The molecule has 0 atom stereocenters. The van der Waals surface area contributed by atoms with Crippen molar-refractivity contribution in [1.29, 1.82) is 0 Å². The lowest BCUT2D eigenvalue weighted by atomic mass is 10.2. The molecule has 0 bridgehead atoms. The van der Waals surface area contributed by atoms with Gasteiger partial charge in [0, 0.05) is 22.8 Å². The zero-order valence-electron chi connectivity index (χ0n) is 9.46. The first-order valence-corrected chi connectivity index (χ1v) is 5.31. The van der Waals surface area contributed by atoms with Crippen LogP contribution < -0.4 is 0 Å². The van der Waals surface area contributed by atoms with Gasteiger partial charge in [0.25, 0.3) is 0 Å². The van der Waals surface area contributed by atoms with Crippen LogP contribution in [0.4, 0.5) is 8.78 Å². The Morgan fingerprint density at radius 1 is 1.06 bits per heavy atom. The molecule has 3 rings (SSSR count). The van der Waals surface area contributed by atoms with E-state index in [0.29, 0.717) is 16.6 Å². The maximum atomic E-state index is 13.8. The van der Waals surface area contributed by atoms with Gasteiger partial charge in [-0.1, -0.05) is 0 Å². The Balaban J connectivity index is 2.60. The molecular formula is C13H10F2N2. The zero-order chi connectivity index (χ0) is 12.2. The van der Waals surface area contributed by atoms with Gasteiger partial charge in [-0.2, -0.15) is 0 Å². The van der Waals surface area contributed by atoms with Gasteiger partial charge in [-0.3, -0.25) is 4.40 Å². The largest absolute Gasteiger partial charge is 0.295 e. The first kappa shape index (κ1) is 10.2. The summed E-state index contributed by atoms with van der Waals surface area (Å²) in [7, 11) is 0. The van der Waals surface area contributed by atoms with Crippen LogP contribution in [-0.2, 0) is 0 Å². The molecule has 0 aliphatic heterocycles. The van der Waals surface area contributed by atoms with Crippen molar-refractivity contribution in [2.45, 2.75) is 13.8 Å². The molecule has 0 aliphatic rings. The molecule has 0 saturated carbocycles. The molecule has 0 aliphatic carbocycles. The van der Waals surface area contributed by atoms with E-state index in [9.17, 15) is 8.78 Å². The molecule has 0 fully saturated rings. The van der Waals surface area contributed by atoms with Gasteiger partial charge in [-0.05, 0) is 32.0 Å². The Labute approximate surface area is 96.5 Å². The second kappa shape index (κ2) is 3.26. The predicted molar refractivity (Wildman–Crippen MR) is 62.1 cm³/mol. The average Bonchev–Trinajstić information content (AvgIpc) is 2.55. The molecule has 0 saturated heterocycles. The molecule has 4 heteroatoms. The van der Waals surface area contributed by atoms with E-state index in [1.54, 1.807) is 10.5 Å². The highest BCUT2D eigenvalue weighted by atomic mass is 19.1. The molecule has 2 aromatic heterocycles. The van der Waals surface area contributed by atoms with Gasteiger partial charge >= 0.3 is 0 Å². The Morgan fingerprint density at radius 3 is 2.59 bits per heavy atom. The maximum Gasteiger partial charge on any atom is 0.150 e. The number of aromatic nitrogens is 2. The first-order valence-electron chi connectivity index (χ1n) is 5.31. The quantitative estimate of drug-likeness (QED) is 0.580. The van der Waals surface area contributed by atoms with Gasteiger partial charge < -0.3 is 0 Å². The van der Waals surface area contributed by atoms with Crippen LogP contribution in [0.3, 0.4) is 0 Å². The van der Waals surface area contributed by atoms with E-state index in [2.05, 4.69) is 4.98 Å². The van der Waals surface area contributed by atoms with E-state index in [-0.39, 0.29) is 0 Å². The van der Waals surface area contributed by atoms with E-state index < -0.39 is 11.6 Å². The number of hydrogen-bond acceptors (Lipinski definition) is 1. The molecule has 2 nitrogen and oxygen atoms in total. The standard InChI is InChI=1S/C13H10F2N2/c1-7-3-8(2)17-12(16-7)5-9-4-10(14)6-11(15)13(9)17/h3-6H,1-2H3. The summed E-state index contributed by atoms with van der Waals surface area (Å²) in [6, 6.07) is 5.78. The highest BCUT2D eigenvalue weighted by molar-refractivity contribution is 5.86. The minimum absolute atomic E-state index is 0.381. The first-order chi connectivity index (χ1) is 8.06. The number of aryl methyl sites for hydroxylation is 2. The summed E-state index contributed by atoms with van der Waals surface area (Å²) in [5, 5.41) is 0.531. The number of rotatable bonds is 0. The molecule has 2 heterocycles. The predicted octanol–water partition coefficient (Wildman–Crippen LogP) is 3.38. The van der Waals surface area contributed by atoms with E-state index in [1.807, 2.05) is 19.9 Å². The van der Waals surface area contributed by atoms with Crippen molar-refractivity contribution in [2.24, 2.45) is 0 Å². The van der Waals surface area contributed by atoms with Crippen LogP contribution in [0, 0.1) is 25.5 Å². The number of benzene rings is 1. The summed E-state index contributed by atoms with van der Waals surface area (Å²) >= 11 is 0. The summed E-state index contributed by atoms with van der Waals surface area (Å²) in [4.78, 5) is 4.32. The third-order valence-electron chi connectivity index (χ3n) is 2.86. The normalized spacial score (nSPS) is 11.5. The molecule has 0 amide bonds. The summed E-state index contributed by atoms with van der Waals surface area (Å²) in [5.74, 6) is -1.13. The zero-order valence-corrected chi connectivity index (χ0v) is 9.46. The van der Waals surface area contributed by atoms with Crippen LogP contribution in [-0.4, -0.2) is 9.38 Å². The van der Waals surface area contributed by atoms with E-state index in [0.717, 1.165) is 17.5 Å². The lowest BCUT2D eigenvalue weighted by Gasteiger charge is -2.04. The van der Waals surface area contributed by atoms with Crippen molar-refractivity contribution >= 4 is 16.6 Å². The van der Waals surface area contributed by atoms with Crippen LogP contribution in [0.5, 0.6) is 0 Å². The number of fused-ring (bicyclic) bond motifs is 3. The van der Waals surface area contributed by atoms with E-state index >= 15 is 0 Å². The SMILES string of the molecule is Cc1cc(C)n2c(cc3cc(F)cc(F)c32)n1. The second-order valence-electron chi connectivity index (χ2n) is 4.20. The highest BCUT2D eigenvalue weighted by Crippen LogP contribution is 2.24. The molecule has 0 unspecified atom stereocenters. The lowest BCUT2D eigenvalue weighted by molar-refractivity contribution is 0.590.